The minimum atomic E-state index is -0.0272. The Balaban J connectivity index is 2.10. The first-order valence-electron chi connectivity index (χ1n) is 6.73. The number of aromatic amines is 2. The molecule has 0 atom stereocenters. The summed E-state index contributed by atoms with van der Waals surface area (Å²) in [5.41, 5.74) is 2.65. The lowest BCUT2D eigenvalue weighted by atomic mass is 10.1. The van der Waals surface area contributed by atoms with E-state index in [1.54, 1.807) is 18.2 Å². The Labute approximate surface area is 143 Å². The standard InChI is InChI=1S/C16H9BrClN3O2/c17-7-1-3-9-11(5-7)20-16(22)13(9)15-14(21-23)10-4-2-8(18)6-12(10)19-15/h1-6,19-20,22H. The van der Waals surface area contributed by atoms with Gasteiger partial charge in [0.25, 0.3) is 0 Å². The minimum Gasteiger partial charge on any atom is -0.494 e. The van der Waals surface area contributed by atoms with Crippen LogP contribution in [0.25, 0.3) is 33.1 Å². The monoisotopic (exact) mass is 389 g/mol. The molecule has 0 radical (unpaired) electrons. The molecule has 2 aromatic carbocycles. The number of aromatic hydroxyl groups is 1. The zero-order chi connectivity index (χ0) is 16.1. The fourth-order valence-corrected chi connectivity index (χ4v) is 3.37. The van der Waals surface area contributed by atoms with Gasteiger partial charge in [-0.05, 0) is 35.5 Å². The molecule has 2 heterocycles. The third-order valence-corrected chi connectivity index (χ3v) is 4.54. The average molecular weight is 391 g/mol. The summed E-state index contributed by atoms with van der Waals surface area (Å²) in [6.45, 7) is 0. The highest BCUT2D eigenvalue weighted by Crippen LogP contribution is 2.44. The van der Waals surface area contributed by atoms with Gasteiger partial charge in [0, 0.05) is 25.8 Å². The fourth-order valence-electron chi connectivity index (χ4n) is 2.84. The molecule has 0 aliphatic heterocycles. The molecule has 0 aliphatic rings. The van der Waals surface area contributed by atoms with Gasteiger partial charge in [0.2, 0.25) is 0 Å². The van der Waals surface area contributed by atoms with E-state index >= 15 is 0 Å². The molecular weight excluding hydrogens is 382 g/mol. The van der Waals surface area contributed by atoms with Crippen LogP contribution in [0.5, 0.6) is 5.88 Å². The van der Waals surface area contributed by atoms with Gasteiger partial charge in [0.05, 0.1) is 16.8 Å². The number of halogens is 2. The quantitative estimate of drug-likeness (QED) is 0.376. The largest absolute Gasteiger partial charge is 0.494 e. The predicted octanol–water partition coefficient (Wildman–Crippen LogP) is 5.84. The van der Waals surface area contributed by atoms with Crippen LogP contribution in [0.2, 0.25) is 5.02 Å². The maximum atomic E-state index is 11.4. The number of nitroso groups, excluding NO2 is 1. The highest BCUT2D eigenvalue weighted by molar-refractivity contribution is 9.10. The fraction of sp³-hybridized carbons (Fsp3) is 0. The van der Waals surface area contributed by atoms with Crippen molar-refractivity contribution in [3.63, 3.8) is 0 Å². The van der Waals surface area contributed by atoms with Gasteiger partial charge < -0.3 is 15.1 Å². The molecule has 0 amide bonds. The number of nitrogens with zero attached hydrogens (tertiary/aromatic N) is 1. The number of aromatic nitrogens is 2. The normalized spacial score (nSPS) is 11.4. The van der Waals surface area contributed by atoms with Crippen LogP contribution >= 0.6 is 27.5 Å². The van der Waals surface area contributed by atoms with E-state index in [-0.39, 0.29) is 11.6 Å². The lowest BCUT2D eigenvalue weighted by Gasteiger charge is -1.99. The van der Waals surface area contributed by atoms with Gasteiger partial charge in [-0.25, -0.2) is 0 Å². The van der Waals surface area contributed by atoms with Crippen molar-refractivity contribution in [1.29, 1.82) is 0 Å². The second-order valence-electron chi connectivity index (χ2n) is 5.17. The summed E-state index contributed by atoms with van der Waals surface area (Å²) in [5, 5.41) is 15.5. The van der Waals surface area contributed by atoms with Gasteiger partial charge in [0.1, 0.15) is 5.69 Å². The van der Waals surface area contributed by atoms with Crippen molar-refractivity contribution in [2.75, 3.05) is 0 Å². The molecular formula is C16H9BrClN3O2. The second kappa shape index (κ2) is 5.11. The summed E-state index contributed by atoms with van der Waals surface area (Å²) in [4.78, 5) is 17.4. The van der Waals surface area contributed by atoms with Crippen molar-refractivity contribution in [2.45, 2.75) is 0 Å². The molecule has 3 N–H and O–H groups in total. The van der Waals surface area contributed by atoms with Crippen LogP contribution in [0.3, 0.4) is 0 Å². The van der Waals surface area contributed by atoms with Crippen molar-refractivity contribution in [1.82, 2.24) is 9.97 Å². The van der Waals surface area contributed by atoms with Crippen molar-refractivity contribution in [3.8, 4) is 17.1 Å². The number of fused-ring (bicyclic) bond motifs is 2. The minimum absolute atomic E-state index is 0.0272. The van der Waals surface area contributed by atoms with Crippen molar-refractivity contribution >= 4 is 55.0 Å². The average Bonchev–Trinajstić information content (AvgIpc) is 3.01. The van der Waals surface area contributed by atoms with Gasteiger partial charge in [0.15, 0.2) is 5.88 Å². The van der Waals surface area contributed by atoms with E-state index in [2.05, 4.69) is 31.1 Å². The first-order valence-corrected chi connectivity index (χ1v) is 7.90. The molecule has 4 aromatic rings. The molecule has 0 fully saturated rings. The molecule has 7 heteroatoms. The molecule has 2 aromatic heterocycles. The first kappa shape index (κ1) is 14.3. The molecule has 0 aliphatic carbocycles. The molecule has 4 rings (SSSR count). The van der Waals surface area contributed by atoms with Crippen LogP contribution in [0.4, 0.5) is 5.69 Å². The molecule has 0 spiro atoms. The van der Waals surface area contributed by atoms with Crippen molar-refractivity contribution < 1.29 is 5.11 Å². The van der Waals surface area contributed by atoms with E-state index in [1.807, 2.05) is 18.2 Å². The van der Waals surface area contributed by atoms with Crippen LogP contribution in [-0.4, -0.2) is 15.1 Å². The van der Waals surface area contributed by atoms with E-state index in [0.717, 1.165) is 15.4 Å². The summed E-state index contributed by atoms with van der Waals surface area (Å²) in [5.74, 6) is -0.0272. The van der Waals surface area contributed by atoms with Crippen molar-refractivity contribution in [3.05, 3.63) is 50.8 Å². The summed E-state index contributed by atoms with van der Waals surface area (Å²) in [7, 11) is 0. The molecule has 5 nitrogen and oxygen atoms in total. The Bertz CT molecular complexity index is 1080. The summed E-state index contributed by atoms with van der Waals surface area (Å²) < 4.78 is 0.884. The van der Waals surface area contributed by atoms with Gasteiger partial charge >= 0.3 is 0 Å². The third kappa shape index (κ3) is 2.14. The Morgan fingerprint density at radius 1 is 1.04 bits per heavy atom. The Morgan fingerprint density at radius 2 is 1.78 bits per heavy atom. The van der Waals surface area contributed by atoms with Crippen LogP contribution in [-0.2, 0) is 0 Å². The molecule has 23 heavy (non-hydrogen) atoms. The molecule has 0 saturated heterocycles. The number of rotatable bonds is 2. The van der Waals surface area contributed by atoms with E-state index in [0.29, 0.717) is 27.2 Å². The number of hydrogen-bond donors (Lipinski definition) is 3. The Kier molecular flexibility index (Phi) is 3.18. The molecule has 114 valence electrons. The number of H-pyrrole nitrogens is 2. The first-order chi connectivity index (χ1) is 11.1. The van der Waals surface area contributed by atoms with E-state index in [4.69, 9.17) is 11.6 Å². The van der Waals surface area contributed by atoms with Crippen LogP contribution in [0.15, 0.2) is 46.0 Å². The summed E-state index contributed by atoms with van der Waals surface area (Å²) in [6, 6.07) is 10.7. The highest BCUT2D eigenvalue weighted by atomic mass is 79.9. The molecule has 0 unspecified atom stereocenters. The molecule has 0 bridgehead atoms. The summed E-state index contributed by atoms with van der Waals surface area (Å²) >= 11 is 9.40. The van der Waals surface area contributed by atoms with Crippen LogP contribution in [0.1, 0.15) is 0 Å². The van der Waals surface area contributed by atoms with Gasteiger partial charge in [-0.2, -0.15) is 0 Å². The van der Waals surface area contributed by atoms with Crippen molar-refractivity contribution in [2.24, 2.45) is 5.18 Å². The highest BCUT2D eigenvalue weighted by Gasteiger charge is 2.21. The smallest absolute Gasteiger partial charge is 0.199 e. The maximum Gasteiger partial charge on any atom is 0.199 e. The van der Waals surface area contributed by atoms with E-state index < -0.39 is 0 Å². The van der Waals surface area contributed by atoms with Crippen LogP contribution in [0, 0.1) is 4.91 Å². The van der Waals surface area contributed by atoms with Gasteiger partial charge in [-0.15, -0.1) is 4.91 Å². The maximum absolute atomic E-state index is 11.4. The Morgan fingerprint density at radius 3 is 2.57 bits per heavy atom. The van der Waals surface area contributed by atoms with Crippen LogP contribution < -0.4 is 0 Å². The zero-order valence-electron chi connectivity index (χ0n) is 11.5. The topological polar surface area (TPSA) is 81.2 Å². The SMILES string of the molecule is O=Nc1c(-c2c(O)[nH]c3cc(Br)ccc23)[nH]c2cc(Cl)ccc12. The lowest BCUT2D eigenvalue weighted by molar-refractivity contribution is 0.460. The molecule has 0 saturated carbocycles. The zero-order valence-corrected chi connectivity index (χ0v) is 13.9. The second-order valence-corrected chi connectivity index (χ2v) is 6.52. The number of nitrogens with one attached hydrogen (secondary N) is 2. The number of benzene rings is 2. The predicted molar refractivity (Wildman–Crippen MR) is 95.4 cm³/mol. The Hall–Kier alpha value is -2.31. The number of hydrogen-bond acceptors (Lipinski definition) is 3. The third-order valence-electron chi connectivity index (χ3n) is 3.82. The lowest BCUT2D eigenvalue weighted by Crippen LogP contribution is -1.77. The summed E-state index contributed by atoms with van der Waals surface area (Å²) in [6.07, 6.45) is 0. The van der Waals surface area contributed by atoms with Gasteiger partial charge in [-0.1, -0.05) is 33.6 Å². The van der Waals surface area contributed by atoms with E-state index in [9.17, 15) is 10.0 Å². The van der Waals surface area contributed by atoms with E-state index in [1.165, 1.54) is 0 Å². The van der Waals surface area contributed by atoms with Gasteiger partial charge in [-0.3, -0.25) is 0 Å².